The van der Waals surface area contributed by atoms with Gasteiger partial charge in [0, 0.05) is 0 Å². The first kappa shape index (κ1) is 22.5. The van der Waals surface area contributed by atoms with Gasteiger partial charge in [0.2, 0.25) is 11.6 Å². The zero-order valence-corrected chi connectivity index (χ0v) is 18.5. The van der Waals surface area contributed by atoms with E-state index in [2.05, 4.69) is 35.8 Å². The Labute approximate surface area is 194 Å². The zero-order chi connectivity index (χ0) is 23.9. The number of nitrogens with two attached hydrogens (primary N) is 1. The van der Waals surface area contributed by atoms with E-state index in [0.717, 1.165) is 10.2 Å². The number of nitrogens with zero attached hydrogens (tertiary/aromatic N) is 6. The van der Waals surface area contributed by atoms with Gasteiger partial charge in [0.05, 0.1) is 18.5 Å². The minimum Gasteiger partial charge on any atom is -0.490 e. The van der Waals surface area contributed by atoms with Crippen LogP contribution in [0.1, 0.15) is 34.2 Å². The van der Waals surface area contributed by atoms with Crippen molar-refractivity contribution in [1.82, 2.24) is 30.7 Å². The first-order valence-corrected chi connectivity index (χ1v) is 10.3. The number of benzene rings is 2. The van der Waals surface area contributed by atoms with Crippen LogP contribution in [0.25, 0.3) is 5.82 Å². The number of nitrogen functional groups attached to an aromatic ring is 1. The van der Waals surface area contributed by atoms with E-state index in [1.54, 1.807) is 25.1 Å². The van der Waals surface area contributed by atoms with Gasteiger partial charge in [0.15, 0.2) is 17.2 Å². The first-order chi connectivity index (χ1) is 16.6. The summed E-state index contributed by atoms with van der Waals surface area (Å²) in [5, 5.41) is 18.9. The van der Waals surface area contributed by atoms with E-state index in [9.17, 15) is 4.79 Å². The highest BCUT2D eigenvalue weighted by Crippen LogP contribution is 2.29. The number of nitrogens with one attached hydrogen (secondary N) is 1. The minimum absolute atomic E-state index is 0.0273. The maximum absolute atomic E-state index is 12.7. The summed E-state index contributed by atoms with van der Waals surface area (Å²) >= 11 is 0. The van der Waals surface area contributed by atoms with Gasteiger partial charge in [-0.25, -0.2) is 10.1 Å². The normalized spacial score (nSPS) is 11.0. The Bertz CT molecular complexity index is 1300. The molecule has 0 atom stereocenters. The lowest BCUT2D eigenvalue weighted by atomic mass is 10.2. The maximum atomic E-state index is 12.7. The molecular formula is C22H22N8O4. The number of aromatic nitrogens is 5. The van der Waals surface area contributed by atoms with Crippen LogP contribution in [0.5, 0.6) is 11.5 Å². The SMILES string of the molecule is CCOc1cc(C=NNC(=O)c2c(C)nnn2-c2nonc2N)ccc1OCc1ccccc1. The number of aryl methyl sites for hydroxylation is 1. The standard InChI is InChI=1S/C22H22N8O4/c1-3-32-18-11-16(9-10-17(18)33-13-15-7-5-4-6-8-15)12-24-26-22(31)19-14(2)25-29-30(19)21-20(23)27-34-28-21/h4-12H,3,13H2,1-2H3,(H2,23,27)(H,26,31). The molecule has 2 heterocycles. The van der Waals surface area contributed by atoms with Gasteiger partial charge in [-0.2, -0.15) is 9.78 Å². The van der Waals surface area contributed by atoms with Gasteiger partial charge >= 0.3 is 0 Å². The van der Waals surface area contributed by atoms with Crippen LogP contribution < -0.4 is 20.6 Å². The lowest BCUT2D eigenvalue weighted by Crippen LogP contribution is -2.22. The third kappa shape index (κ3) is 5.01. The average Bonchev–Trinajstić information content (AvgIpc) is 3.44. The molecule has 0 bridgehead atoms. The summed E-state index contributed by atoms with van der Waals surface area (Å²) in [6, 6.07) is 15.2. The van der Waals surface area contributed by atoms with Crippen LogP contribution in [0, 0.1) is 6.92 Å². The Balaban J connectivity index is 1.46. The van der Waals surface area contributed by atoms with Crippen LogP contribution in [0.2, 0.25) is 0 Å². The monoisotopic (exact) mass is 462 g/mol. The van der Waals surface area contributed by atoms with E-state index < -0.39 is 5.91 Å². The number of hydrogen-bond donors (Lipinski definition) is 2. The predicted molar refractivity (Wildman–Crippen MR) is 122 cm³/mol. The van der Waals surface area contributed by atoms with Gasteiger partial charge in [-0.15, -0.1) is 5.10 Å². The Morgan fingerprint density at radius 1 is 1.18 bits per heavy atom. The Morgan fingerprint density at radius 2 is 2.00 bits per heavy atom. The van der Waals surface area contributed by atoms with Crippen LogP contribution in [0.3, 0.4) is 0 Å². The average molecular weight is 462 g/mol. The number of anilines is 1. The van der Waals surface area contributed by atoms with E-state index in [1.807, 2.05) is 37.3 Å². The van der Waals surface area contributed by atoms with Gasteiger partial charge < -0.3 is 15.2 Å². The van der Waals surface area contributed by atoms with Gasteiger partial charge in [0.1, 0.15) is 6.61 Å². The number of amides is 1. The fourth-order valence-electron chi connectivity index (χ4n) is 3.05. The van der Waals surface area contributed by atoms with Gasteiger partial charge in [0.25, 0.3) is 5.91 Å². The molecule has 0 unspecified atom stereocenters. The van der Waals surface area contributed by atoms with Gasteiger partial charge in [-0.1, -0.05) is 35.5 Å². The molecule has 2 aromatic carbocycles. The quantitative estimate of drug-likeness (QED) is 0.281. The fraction of sp³-hybridized carbons (Fsp3) is 0.182. The summed E-state index contributed by atoms with van der Waals surface area (Å²) in [6.45, 7) is 4.39. The Hall–Kier alpha value is -4.74. The zero-order valence-electron chi connectivity index (χ0n) is 18.5. The Morgan fingerprint density at radius 3 is 2.74 bits per heavy atom. The molecule has 4 aromatic rings. The number of rotatable bonds is 9. The molecule has 1 amide bonds. The second-order valence-electron chi connectivity index (χ2n) is 7.02. The topological polar surface area (TPSA) is 156 Å². The molecule has 0 spiro atoms. The lowest BCUT2D eigenvalue weighted by Gasteiger charge is -2.12. The lowest BCUT2D eigenvalue weighted by molar-refractivity contribution is 0.0946. The van der Waals surface area contributed by atoms with E-state index in [4.69, 9.17) is 15.2 Å². The molecule has 34 heavy (non-hydrogen) atoms. The van der Waals surface area contributed by atoms with Crippen molar-refractivity contribution in [2.75, 3.05) is 12.3 Å². The molecule has 0 aliphatic heterocycles. The summed E-state index contributed by atoms with van der Waals surface area (Å²) in [4.78, 5) is 12.7. The molecule has 12 heteroatoms. The molecule has 3 N–H and O–H groups in total. The second kappa shape index (κ2) is 10.3. The van der Waals surface area contributed by atoms with Crippen molar-refractivity contribution in [3.63, 3.8) is 0 Å². The van der Waals surface area contributed by atoms with Gasteiger partial charge in [-0.05, 0) is 53.5 Å². The highest BCUT2D eigenvalue weighted by molar-refractivity contribution is 5.94. The second-order valence-corrected chi connectivity index (χ2v) is 7.02. The summed E-state index contributed by atoms with van der Waals surface area (Å²) in [7, 11) is 0. The predicted octanol–water partition coefficient (Wildman–Crippen LogP) is 2.28. The third-order valence-corrected chi connectivity index (χ3v) is 4.63. The fourth-order valence-corrected chi connectivity index (χ4v) is 3.05. The number of hydrogen-bond acceptors (Lipinski definition) is 10. The third-order valence-electron chi connectivity index (χ3n) is 4.63. The summed E-state index contributed by atoms with van der Waals surface area (Å²) < 4.78 is 17.3. The number of hydrazone groups is 1. The smallest absolute Gasteiger partial charge is 0.292 e. The molecule has 0 saturated carbocycles. The van der Waals surface area contributed by atoms with Crippen molar-refractivity contribution < 1.29 is 18.9 Å². The molecule has 0 fully saturated rings. The molecule has 0 aliphatic carbocycles. The molecule has 2 aromatic heterocycles. The number of carbonyl (C=O) groups excluding carboxylic acids is 1. The number of carbonyl (C=O) groups is 1. The van der Waals surface area contributed by atoms with Crippen LogP contribution in [-0.2, 0) is 6.61 Å². The maximum Gasteiger partial charge on any atom is 0.292 e. The van der Waals surface area contributed by atoms with E-state index >= 15 is 0 Å². The summed E-state index contributed by atoms with van der Waals surface area (Å²) in [5.74, 6) is 0.647. The molecule has 0 radical (unpaired) electrons. The molecule has 0 saturated heterocycles. The van der Waals surface area contributed by atoms with Crippen molar-refractivity contribution in [1.29, 1.82) is 0 Å². The van der Waals surface area contributed by atoms with Crippen molar-refractivity contribution in [2.24, 2.45) is 5.10 Å². The summed E-state index contributed by atoms with van der Waals surface area (Å²) in [6.07, 6.45) is 1.48. The largest absolute Gasteiger partial charge is 0.490 e. The van der Waals surface area contributed by atoms with Crippen LogP contribution in [0.15, 0.2) is 58.3 Å². The molecule has 12 nitrogen and oxygen atoms in total. The Kier molecular flexibility index (Phi) is 6.77. The van der Waals surface area contributed by atoms with Crippen LogP contribution >= 0.6 is 0 Å². The molecule has 0 aliphatic rings. The van der Waals surface area contributed by atoms with E-state index in [-0.39, 0.29) is 17.3 Å². The highest BCUT2D eigenvalue weighted by atomic mass is 16.6. The molecule has 4 rings (SSSR count). The van der Waals surface area contributed by atoms with Crippen molar-refractivity contribution >= 4 is 17.9 Å². The van der Waals surface area contributed by atoms with Crippen molar-refractivity contribution in [3.8, 4) is 17.3 Å². The van der Waals surface area contributed by atoms with Crippen LogP contribution in [0.4, 0.5) is 5.82 Å². The van der Waals surface area contributed by atoms with Gasteiger partial charge in [-0.3, -0.25) is 4.79 Å². The van der Waals surface area contributed by atoms with Crippen LogP contribution in [-0.4, -0.2) is 44.0 Å². The van der Waals surface area contributed by atoms with Crippen molar-refractivity contribution in [3.05, 3.63) is 71.0 Å². The number of ether oxygens (including phenoxy) is 2. The highest BCUT2D eigenvalue weighted by Gasteiger charge is 2.22. The molecule has 174 valence electrons. The minimum atomic E-state index is -0.561. The van der Waals surface area contributed by atoms with E-state index in [0.29, 0.717) is 36.0 Å². The summed E-state index contributed by atoms with van der Waals surface area (Å²) in [5.41, 5.74) is 10.3. The van der Waals surface area contributed by atoms with E-state index in [1.165, 1.54) is 6.21 Å². The first-order valence-electron chi connectivity index (χ1n) is 10.3. The van der Waals surface area contributed by atoms with Crippen molar-refractivity contribution in [2.45, 2.75) is 20.5 Å². The molecular weight excluding hydrogens is 440 g/mol.